The number of sulfonamides is 1. The zero-order valence-corrected chi connectivity index (χ0v) is 24.4. The van der Waals surface area contributed by atoms with E-state index < -0.39 is 28.5 Å². The minimum atomic E-state index is -4.23. The van der Waals surface area contributed by atoms with Crippen molar-refractivity contribution in [2.45, 2.75) is 37.6 Å². The molecule has 3 aromatic carbocycles. The molecule has 0 spiro atoms. The van der Waals surface area contributed by atoms with Crippen LogP contribution in [0.4, 0.5) is 5.69 Å². The first-order valence-corrected chi connectivity index (χ1v) is 14.5. The van der Waals surface area contributed by atoms with E-state index in [1.807, 2.05) is 44.2 Å². The number of rotatable bonds is 13. The zero-order chi connectivity index (χ0) is 29.3. The number of hydrogen-bond acceptors (Lipinski definition) is 6. The molecule has 0 heterocycles. The summed E-state index contributed by atoms with van der Waals surface area (Å²) >= 11 is 0. The Balaban J connectivity index is 2.10. The van der Waals surface area contributed by atoms with E-state index in [2.05, 4.69) is 5.32 Å². The van der Waals surface area contributed by atoms with Crippen LogP contribution in [0, 0.1) is 6.92 Å². The fourth-order valence-corrected chi connectivity index (χ4v) is 5.82. The highest BCUT2D eigenvalue weighted by molar-refractivity contribution is 7.92. The third kappa shape index (κ3) is 7.12. The molecule has 0 saturated heterocycles. The van der Waals surface area contributed by atoms with E-state index in [0.29, 0.717) is 18.6 Å². The van der Waals surface area contributed by atoms with Crippen LogP contribution in [0.3, 0.4) is 0 Å². The van der Waals surface area contributed by atoms with Gasteiger partial charge in [0.2, 0.25) is 11.8 Å². The Morgan fingerprint density at radius 2 is 1.62 bits per heavy atom. The number of ether oxygens (including phenoxy) is 2. The molecule has 3 aromatic rings. The lowest BCUT2D eigenvalue weighted by Gasteiger charge is -2.33. The van der Waals surface area contributed by atoms with Crippen molar-refractivity contribution in [2.24, 2.45) is 0 Å². The van der Waals surface area contributed by atoms with Crippen molar-refractivity contribution in [3.63, 3.8) is 0 Å². The first-order valence-electron chi connectivity index (χ1n) is 13.0. The summed E-state index contributed by atoms with van der Waals surface area (Å²) in [5, 5.41) is 2.63. The van der Waals surface area contributed by atoms with Crippen LogP contribution in [-0.2, 0) is 26.0 Å². The molecule has 1 N–H and O–H groups in total. The van der Waals surface area contributed by atoms with Crippen LogP contribution in [-0.4, -0.2) is 65.5 Å². The van der Waals surface area contributed by atoms with Crippen molar-refractivity contribution < 1.29 is 27.5 Å². The number of methoxy groups -OCH3 is 2. The van der Waals surface area contributed by atoms with Crippen LogP contribution in [0.15, 0.2) is 77.7 Å². The number of likely N-dealkylation sites (N-methyl/N-ethyl adjacent to an activating group) is 1. The maximum Gasteiger partial charge on any atom is 0.264 e. The molecule has 0 unspecified atom stereocenters. The van der Waals surface area contributed by atoms with Gasteiger partial charge in [-0.2, -0.15) is 0 Å². The van der Waals surface area contributed by atoms with Gasteiger partial charge in [0.05, 0.1) is 24.8 Å². The maximum absolute atomic E-state index is 14.1. The van der Waals surface area contributed by atoms with Crippen molar-refractivity contribution in [1.29, 1.82) is 0 Å². The molecule has 40 heavy (non-hydrogen) atoms. The standard InChI is InChI=1S/C30H37N3O6S/c1-6-26(30(35)31-3)32(19-18-23-10-8-7-9-11-23)29(34)21-33(27-20-24(38-4)14-17-28(27)39-5)40(36,37)25-15-12-22(2)13-16-25/h7-17,20,26H,6,18-19,21H2,1-5H3,(H,31,35)/t26-/m1/s1. The topological polar surface area (TPSA) is 105 Å². The third-order valence-corrected chi connectivity index (χ3v) is 8.43. The number of benzene rings is 3. The first kappa shape index (κ1) is 30.5. The van der Waals surface area contributed by atoms with Crippen LogP contribution in [0.5, 0.6) is 11.5 Å². The number of anilines is 1. The van der Waals surface area contributed by atoms with E-state index >= 15 is 0 Å². The molecule has 3 rings (SSSR count). The summed E-state index contributed by atoms with van der Waals surface area (Å²) in [5.41, 5.74) is 2.03. The van der Waals surface area contributed by atoms with Crippen molar-refractivity contribution in [3.05, 3.63) is 83.9 Å². The Kier molecular flexibility index (Phi) is 10.6. The van der Waals surface area contributed by atoms with E-state index in [1.165, 1.54) is 44.4 Å². The molecule has 214 valence electrons. The zero-order valence-electron chi connectivity index (χ0n) is 23.6. The smallest absolute Gasteiger partial charge is 0.264 e. The second-order valence-corrected chi connectivity index (χ2v) is 11.1. The molecule has 10 heteroatoms. The SMILES string of the molecule is CC[C@H](C(=O)NC)N(CCc1ccccc1)C(=O)CN(c1cc(OC)ccc1OC)S(=O)(=O)c1ccc(C)cc1. The van der Waals surface area contributed by atoms with Crippen molar-refractivity contribution in [1.82, 2.24) is 10.2 Å². The minimum Gasteiger partial charge on any atom is -0.497 e. The Labute approximate surface area is 236 Å². The second-order valence-electron chi connectivity index (χ2n) is 9.22. The number of carbonyl (C=O) groups excluding carboxylic acids is 2. The van der Waals surface area contributed by atoms with Crippen LogP contribution >= 0.6 is 0 Å². The Morgan fingerprint density at radius 1 is 0.950 bits per heavy atom. The molecule has 0 aliphatic heterocycles. The fourth-order valence-electron chi connectivity index (χ4n) is 4.40. The summed E-state index contributed by atoms with van der Waals surface area (Å²) in [6, 6.07) is 20.0. The number of carbonyl (C=O) groups is 2. The number of nitrogens with zero attached hydrogens (tertiary/aromatic N) is 2. The fraction of sp³-hybridized carbons (Fsp3) is 0.333. The number of aryl methyl sites for hydroxylation is 1. The van der Waals surface area contributed by atoms with E-state index in [-0.39, 0.29) is 28.8 Å². The highest BCUT2D eigenvalue weighted by Gasteiger charge is 2.34. The summed E-state index contributed by atoms with van der Waals surface area (Å²) in [4.78, 5) is 28.3. The molecule has 0 aliphatic rings. The second kappa shape index (κ2) is 13.8. The van der Waals surface area contributed by atoms with Gasteiger partial charge in [0.1, 0.15) is 24.1 Å². The Morgan fingerprint density at radius 3 is 2.20 bits per heavy atom. The predicted octanol–water partition coefficient (Wildman–Crippen LogP) is 3.80. The van der Waals surface area contributed by atoms with E-state index in [4.69, 9.17) is 9.47 Å². The summed E-state index contributed by atoms with van der Waals surface area (Å²) in [7, 11) is 0.175. The quantitative estimate of drug-likeness (QED) is 0.337. The molecule has 0 radical (unpaired) electrons. The molecule has 0 aromatic heterocycles. The van der Waals surface area contributed by atoms with Crippen LogP contribution < -0.4 is 19.1 Å². The van der Waals surface area contributed by atoms with Gasteiger partial charge < -0.3 is 19.7 Å². The summed E-state index contributed by atoms with van der Waals surface area (Å²) in [6.07, 6.45) is 0.848. The molecule has 9 nitrogen and oxygen atoms in total. The molecular formula is C30H37N3O6S. The average Bonchev–Trinajstić information content (AvgIpc) is 2.97. The van der Waals surface area contributed by atoms with Gasteiger partial charge in [-0.3, -0.25) is 13.9 Å². The van der Waals surface area contributed by atoms with E-state index in [1.54, 1.807) is 24.3 Å². The van der Waals surface area contributed by atoms with Gasteiger partial charge in [0, 0.05) is 19.7 Å². The Bertz CT molecular complexity index is 1390. The number of nitrogens with one attached hydrogen (secondary N) is 1. The summed E-state index contributed by atoms with van der Waals surface area (Å²) in [6.45, 7) is 3.34. The van der Waals surface area contributed by atoms with Gasteiger partial charge in [-0.25, -0.2) is 8.42 Å². The number of amides is 2. The van der Waals surface area contributed by atoms with Crippen molar-refractivity contribution in [2.75, 3.05) is 38.7 Å². The molecular weight excluding hydrogens is 530 g/mol. The van der Waals surface area contributed by atoms with Crippen LogP contribution in [0.1, 0.15) is 24.5 Å². The lowest BCUT2D eigenvalue weighted by atomic mass is 10.1. The normalized spacial score (nSPS) is 11.8. The third-order valence-electron chi connectivity index (χ3n) is 6.66. The number of hydrogen-bond donors (Lipinski definition) is 1. The minimum absolute atomic E-state index is 0.0185. The van der Waals surface area contributed by atoms with Crippen molar-refractivity contribution >= 4 is 27.5 Å². The van der Waals surface area contributed by atoms with E-state index in [0.717, 1.165) is 15.4 Å². The first-order chi connectivity index (χ1) is 19.2. The molecule has 0 bridgehead atoms. The monoisotopic (exact) mass is 567 g/mol. The van der Waals surface area contributed by atoms with Crippen LogP contribution in [0.25, 0.3) is 0 Å². The summed E-state index contributed by atoms with van der Waals surface area (Å²) in [5.74, 6) is -0.202. The lowest BCUT2D eigenvalue weighted by Crippen LogP contribution is -2.52. The van der Waals surface area contributed by atoms with E-state index in [9.17, 15) is 18.0 Å². The Hall–Kier alpha value is -4.05. The molecule has 0 saturated carbocycles. The molecule has 2 amide bonds. The molecule has 1 atom stereocenters. The largest absolute Gasteiger partial charge is 0.497 e. The van der Waals surface area contributed by atoms with Gasteiger partial charge in [-0.1, -0.05) is 55.0 Å². The van der Waals surface area contributed by atoms with Crippen LogP contribution in [0.2, 0.25) is 0 Å². The van der Waals surface area contributed by atoms with Crippen molar-refractivity contribution in [3.8, 4) is 11.5 Å². The predicted molar refractivity (Wildman–Crippen MR) is 155 cm³/mol. The molecule has 0 aliphatic carbocycles. The van der Waals surface area contributed by atoms with Gasteiger partial charge >= 0.3 is 0 Å². The lowest BCUT2D eigenvalue weighted by molar-refractivity contribution is -0.139. The van der Waals surface area contributed by atoms with Gasteiger partial charge in [-0.15, -0.1) is 0 Å². The average molecular weight is 568 g/mol. The van der Waals surface area contributed by atoms with Gasteiger partial charge in [-0.05, 0) is 49.6 Å². The van der Waals surface area contributed by atoms with Gasteiger partial charge in [0.15, 0.2) is 0 Å². The van der Waals surface area contributed by atoms with Gasteiger partial charge in [0.25, 0.3) is 10.0 Å². The highest BCUT2D eigenvalue weighted by atomic mass is 32.2. The molecule has 0 fully saturated rings. The highest BCUT2D eigenvalue weighted by Crippen LogP contribution is 2.36. The maximum atomic E-state index is 14.1. The summed E-state index contributed by atoms with van der Waals surface area (Å²) < 4.78 is 40.0.